The third kappa shape index (κ3) is 9.70. The van der Waals surface area contributed by atoms with Gasteiger partial charge in [0.05, 0.1) is 0 Å². The fourth-order valence-corrected chi connectivity index (χ4v) is 1.29. The zero-order chi connectivity index (χ0) is 12.3. The molecule has 91 valence electrons. The first kappa shape index (κ1) is 15.2. The van der Waals surface area contributed by atoms with Crippen molar-refractivity contribution in [1.29, 1.82) is 0 Å². The van der Waals surface area contributed by atoms with Crippen LogP contribution in [0.25, 0.3) is 0 Å². The van der Waals surface area contributed by atoms with Gasteiger partial charge in [0.15, 0.2) is 0 Å². The van der Waals surface area contributed by atoms with Crippen molar-refractivity contribution in [3.05, 3.63) is 24.3 Å². The fraction of sp³-hybridized carbons (Fsp3) is 0.667. The van der Waals surface area contributed by atoms with Crippen LogP contribution in [0, 0.1) is 5.41 Å². The molecule has 1 nitrogen and oxygen atoms in total. The molecular formula is C15H25O. The van der Waals surface area contributed by atoms with Crippen LogP contribution in [0.5, 0.6) is 0 Å². The Kier molecular flexibility index (Phi) is 8.88. The standard InChI is InChI=1S/C15H25O/c1-4-5-6-7-8-9-10-11-12-13-15(2,3)14-16/h7-8,11-12H,4-6,9-10,13H2,1-3H3/b8-7+,12-11+. The highest BCUT2D eigenvalue weighted by atomic mass is 16.1. The van der Waals surface area contributed by atoms with E-state index in [-0.39, 0.29) is 5.41 Å². The third-order valence-electron chi connectivity index (χ3n) is 2.46. The Balaban J connectivity index is 3.48. The molecule has 0 heterocycles. The average molecular weight is 221 g/mol. The molecule has 0 aromatic rings. The molecule has 0 aliphatic rings. The van der Waals surface area contributed by atoms with E-state index in [1.807, 2.05) is 13.8 Å². The van der Waals surface area contributed by atoms with Gasteiger partial charge in [0.25, 0.3) is 0 Å². The summed E-state index contributed by atoms with van der Waals surface area (Å²) in [4.78, 5) is 10.5. The van der Waals surface area contributed by atoms with Gasteiger partial charge < -0.3 is 0 Å². The van der Waals surface area contributed by atoms with E-state index in [4.69, 9.17) is 0 Å². The molecule has 1 heteroatoms. The van der Waals surface area contributed by atoms with Crippen LogP contribution in [-0.4, -0.2) is 6.29 Å². The summed E-state index contributed by atoms with van der Waals surface area (Å²) in [6.07, 6.45) is 17.5. The monoisotopic (exact) mass is 221 g/mol. The lowest BCUT2D eigenvalue weighted by atomic mass is 9.91. The first-order valence-corrected chi connectivity index (χ1v) is 6.31. The first-order valence-electron chi connectivity index (χ1n) is 6.31. The quantitative estimate of drug-likeness (QED) is 0.411. The van der Waals surface area contributed by atoms with Gasteiger partial charge in [-0.2, -0.15) is 0 Å². The highest BCUT2D eigenvalue weighted by molar-refractivity contribution is 5.59. The summed E-state index contributed by atoms with van der Waals surface area (Å²) >= 11 is 0. The largest absolute Gasteiger partial charge is 0.290 e. The minimum absolute atomic E-state index is 0.326. The molecule has 0 saturated heterocycles. The van der Waals surface area contributed by atoms with E-state index in [1.54, 1.807) is 0 Å². The Morgan fingerprint density at radius 1 is 1.00 bits per heavy atom. The first-order chi connectivity index (χ1) is 7.62. The second-order valence-electron chi connectivity index (χ2n) is 4.85. The molecule has 0 bridgehead atoms. The molecule has 0 N–H and O–H groups in total. The van der Waals surface area contributed by atoms with E-state index in [1.165, 1.54) is 19.3 Å². The van der Waals surface area contributed by atoms with Gasteiger partial charge in [-0.05, 0) is 25.7 Å². The van der Waals surface area contributed by atoms with Gasteiger partial charge in [0.2, 0.25) is 6.29 Å². The van der Waals surface area contributed by atoms with Gasteiger partial charge in [-0.25, -0.2) is 0 Å². The number of carbonyl (C=O) groups excluding carboxylic acids is 1. The fourth-order valence-electron chi connectivity index (χ4n) is 1.29. The van der Waals surface area contributed by atoms with E-state index < -0.39 is 0 Å². The summed E-state index contributed by atoms with van der Waals surface area (Å²) < 4.78 is 0. The van der Waals surface area contributed by atoms with Crippen LogP contribution in [0.4, 0.5) is 0 Å². The molecule has 0 rings (SSSR count). The maximum atomic E-state index is 10.5. The minimum atomic E-state index is -0.326. The Hall–Kier alpha value is -0.850. The van der Waals surface area contributed by atoms with Crippen molar-refractivity contribution in [3.8, 4) is 0 Å². The Morgan fingerprint density at radius 2 is 1.56 bits per heavy atom. The van der Waals surface area contributed by atoms with E-state index in [0.717, 1.165) is 19.3 Å². The Labute approximate surface area is 101 Å². The van der Waals surface area contributed by atoms with E-state index in [9.17, 15) is 4.79 Å². The highest BCUT2D eigenvalue weighted by Crippen LogP contribution is 2.17. The molecule has 0 aromatic carbocycles. The molecular weight excluding hydrogens is 196 g/mol. The van der Waals surface area contributed by atoms with Gasteiger partial charge in [0.1, 0.15) is 0 Å². The van der Waals surface area contributed by atoms with Crippen molar-refractivity contribution in [2.24, 2.45) is 5.41 Å². The summed E-state index contributed by atoms with van der Waals surface area (Å²) in [5, 5.41) is 0. The maximum absolute atomic E-state index is 10.5. The average Bonchev–Trinajstić information content (AvgIpc) is 2.27. The van der Waals surface area contributed by atoms with Crippen molar-refractivity contribution in [2.75, 3.05) is 0 Å². The number of allylic oxidation sites excluding steroid dienone is 4. The predicted octanol–water partition coefficient (Wildman–Crippen LogP) is 4.60. The van der Waals surface area contributed by atoms with Crippen LogP contribution in [0.15, 0.2) is 24.3 Å². The van der Waals surface area contributed by atoms with Crippen molar-refractivity contribution in [3.63, 3.8) is 0 Å². The molecule has 16 heavy (non-hydrogen) atoms. The molecule has 0 spiro atoms. The summed E-state index contributed by atoms with van der Waals surface area (Å²) in [6.45, 7) is 6.03. The van der Waals surface area contributed by atoms with Crippen LogP contribution in [-0.2, 0) is 4.79 Å². The van der Waals surface area contributed by atoms with Crippen LogP contribution >= 0.6 is 0 Å². The van der Waals surface area contributed by atoms with Crippen LogP contribution < -0.4 is 0 Å². The Morgan fingerprint density at radius 3 is 2.12 bits per heavy atom. The summed E-state index contributed by atoms with van der Waals surface area (Å²) in [6, 6.07) is 0. The van der Waals surface area contributed by atoms with E-state index in [0.29, 0.717) is 0 Å². The lowest BCUT2D eigenvalue weighted by Crippen LogP contribution is -2.10. The molecule has 0 amide bonds. The zero-order valence-electron chi connectivity index (χ0n) is 11.0. The Bertz CT molecular complexity index is 224. The lowest BCUT2D eigenvalue weighted by molar-refractivity contribution is 0.454. The van der Waals surface area contributed by atoms with Gasteiger partial charge in [0, 0.05) is 5.41 Å². The number of hydrogen-bond donors (Lipinski definition) is 0. The molecule has 0 saturated carbocycles. The number of unbranched alkanes of at least 4 members (excludes halogenated alkanes) is 3. The van der Waals surface area contributed by atoms with Crippen molar-refractivity contribution < 1.29 is 4.79 Å². The van der Waals surface area contributed by atoms with Gasteiger partial charge in [-0.1, -0.05) is 57.9 Å². The molecule has 0 unspecified atom stereocenters. The predicted molar refractivity (Wildman–Crippen MR) is 71.1 cm³/mol. The van der Waals surface area contributed by atoms with Crippen LogP contribution in [0.1, 0.15) is 59.3 Å². The van der Waals surface area contributed by atoms with Crippen molar-refractivity contribution >= 4 is 6.29 Å². The minimum Gasteiger partial charge on any atom is -0.290 e. The summed E-state index contributed by atoms with van der Waals surface area (Å²) in [5.41, 5.74) is -0.326. The van der Waals surface area contributed by atoms with Gasteiger partial charge in [-0.3, -0.25) is 4.79 Å². The van der Waals surface area contributed by atoms with Crippen molar-refractivity contribution in [2.45, 2.75) is 59.3 Å². The number of rotatable bonds is 9. The van der Waals surface area contributed by atoms with Crippen LogP contribution in [0.2, 0.25) is 0 Å². The normalized spacial score (nSPS) is 12.7. The molecule has 0 aromatic heterocycles. The second-order valence-corrected chi connectivity index (χ2v) is 4.85. The lowest BCUT2D eigenvalue weighted by Gasteiger charge is -2.11. The summed E-state index contributed by atoms with van der Waals surface area (Å²) in [7, 11) is 0. The van der Waals surface area contributed by atoms with E-state index in [2.05, 4.69) is 37.5 Å². The van der Waals surface area contributed by atoms with Gasteiger partial charge >= 0.3 is 0 Å². The third-order valence-corrected chi connectivity index (χ3v) is 2.46. The smallest absolute Gasteiger partial charge is 0.204 e. The molecule has 0 aliphatic heterocycles. The highest BCUT2D eigenvalue weighted by Gasteiger charge is 2.14. The number of hydrogen-bond acceptors (Lipinski definition) is 1. The molecule has 1 radical (unpaired) electrons. The SMILES string of the molecule is CCCC/C=C/CC/C=C/CC(C)(C)[C]=O. The second kappa shape index (κ2) is 9.38. The maximum Gasteiger partial charge on any atom is 0.204 e. The topological polar surface area (TPSA) is 17.1 Å². The molecule has 0 atom stereocenters. The van der Waals surface area contributed by atoms with Crippen molar-refractivity contribution in [1.82, 2.24) is 0 Å². The zero-order valence-corrected chi connectivity index (χ0v) is 11.0. The summed E-state index contributed by atoms with van der Waals surface area (Å²) in [5.74, 6) is 0. The molecule has 0 aliphatic carbocycles. The molecule has 0 fully saturated rings. The van der Waals surface area contributed by atoms with Gasteiger partial charge in [-0.15, -0.1) is 0 Å². The van der Waals surface area contributed by atoms with Crippen LogP contribution in [0.3, 0.4) is 0 Å². The van der Waals surface area contributed by atoms with E-state index >= 15 is 0 Å².